The third kappa shape index (κ3) is 4.10. The van der Waals surface area contributed by atoms with Gasteiger partial charge in [0.05, 0.1) is 24.2 Å². The molecule has 2 aromatic rings. The molecule has 0 bridgehead atoms. The molecule has 5 nitrogen and oxygen atoms in total. The van der Waals surface area contributed by atoms with Crippen molar-refractivity contribution in [2.24, 2.45) is 0 Å². The minimum Gasteiger partial charge on any atom is -0.383 e. The lowest BCUT2D eigenvalue weighted by Crippen LogP contribution is -2.34. The maximum atomic E-state index is 6.12. The Hall–Kier alpha value is -0.890. The fourth-order valence-electron chi connectivity index (χ4n) is 2.94. The number of methoxy groups -OCH3 is 1. The van der Waals surface area contributed by atoms with E-state index in [1.165, 1.54) is 15.8 Å². The Kier molecular flexibility index (Phi) is 5.88. The van der Waals surface area contributed by atoms with Gasteiger partial charge in [0, 0.05) is 30.2 Å². The molecule has 25 heavy (non-hydrogen) atoms. The minimum absolute atomic E-state index is 0.101. The SMILES string of the molecule is CCC1(C)Cc2c(sc3nc(SC(C)C)nc(NCCOC)c23)CO1. The summed E-state index contributed by atoms with van der Waals surface area (Å²) in [5.41, 5.74) is 1.26. The van der Waals surface area contributed by atoms with Gasteiger partial charge in [0.15, 0.2) is 5.16 Å². The summed E-state index contributed by atoms with van der Waals surface area (Å²) in [5.74, 6) is 0.933. The number of thiophene rings is 1. The minimum atomic E-state index is -0.101. The van der Waals surface area contributed by atoms with E-state index in [1.54, 1.807) is 30.2 Å². The maximum absolute atomic E-state index is 6.12. The Morgan fingerprint density at radius 1 is 1.40 bits per heavy atom. The molecule has 3 rings (SSSR count). The molecule has 0 saturated carbocycles. The number of ether oxygens (including phenoxy) is 2. The van der Waals surface area contributed by atoms with Crippen molar-refractivity contribution in [3.8, 4) is 0 Å². The van der Waals surface area contributed by atoms with Crippen molar-refractivity contribution in [3.63, 3.8) is 0 Å². The van der Waals surface area contributed by atoms with Gasteiger partial charge in [0.1, 0.15) is 10.6 Å². The normalized spacial score (nSPS) is 20.2. The first-order valence-corrected chi connectivity index (χ1v) is 10.5. The largest absolute Gasteiger partial charge is 0.383 e. The maximum Gasteiger partial charge on any atom is 0.191 e. The van der Waals surface area contributed by atoms with Crippen LogP contribution < -0.4 is 5.32 Å². The second kappa shape index (κ2) is 7.78. The van der Waals surface area contributed by atoms with Gasteiger partial charge < -0.3 is 14.8 Å². The Morgan fingerprint density at radius 2 is 2.20 bits per heavy atom. The number of hydrogen-bond acceptors (Lipinski definition) is 7. The summed E-state index contributed by atoms with van der Waals surface area (Å²) in [7, 11) is 1.72. The van der Waals surface area contributed by atoms with Gasteiger partial charge in [-0.15, -0.1) is 11.3 Å². The smallest absolute Gasteiger partial charge is 0.191 e. The Labute approximate surface area is 157 Å². The average Bonchev–Trinajstić information content (AvgIpc) is 2.92. The fourth-order valence-corrected chi connectivity index (χ4v) is 4.81. The van der Waals surface area contributed by atoms with E-state index >= 15 is 0 Å². The summed E-state index contributed by atoms with van der Waals surface area (Å²) < 4.78 is 11.3. The summed E-state index contributed by atoms with van der Waals surface area (Å²) in [5, 5.41) is 5.92. The van der Waals surface area contributed by atoms with E-state index in [4.69, 9.17) is 19.4 Å². The lowest BCUT2D eigenvalue weighted by molar-refractivity contribution is -0.0542. The molecule has 7 heteroatoms. The molecule has 0 aliphatic carbocycles. The van der Waals surface area contributed by atoms with Crippen LogP contribution in [0.3, 0.4) is 0 Å². The summed E-state index contributed by atoms with van der Waals surface area (Å²) in [6, 6.07) is 0. The zero-order valence-corrected chi connectivity index (χ0v) is 17.3. The molecule has 0 saturated heterocycles. The highest BCUT2D eigenvalue weighted by Crippen LogP contribution is 2.42. The number of aromatic nitrogens is 2. The van der Waals surface area contributed by atoms with Crippen LogP contribution in [0.2, 0.25) is 0 Å². The van der Waals surface area contributed by atoms with Crippen LogP contribution >= 0.6 is 23.1 Å². The first-order valence-electron chi connectivity index (χ1n) is 8.81. The molecule has 0 aromatic carbocycles. The number of thioether (sulfide) groups is 1. The van der Waals surface area contributed by atoms with Crippen molar-refractivity contribution in [1.82, 2.24) is 9.97 Å². The third-order valence-corrected chi connectivity index (χ3v) is 6.47. The van der Waals surface area contributed by atoms with E-state index in [9.17, 15) is 0 Å². The lowest BCUT2D eigenvalue weighted by atomic mass is 9.90. The number of rotatable bonds is 7. The molecular weight excluding hydrogens is 354 g/mol. The number of nitrogens with zero attached hydrogens (tertiary/aromatic N) is 2. The van der Waals surface area contributed by atoms with Crippen molar-refractivity contribution in [2.75, 3.05) is 25.6 Å². The quantitative estimate of drug-likeness (QED) is 0.433. The Bertz CT molecular complexity index is 747. The Morgan fingerprint density at radius 3 is 2.88 bits per heavy atom. The van der Waals surface area contributed by atoms with Crippen LogP contribution in [0, 0.1) is 0 Å². The molecule has 0 radical (unpaired) electrons. The monoisotopic (exact) mass is 381 g/mol. The molecule has 2 aromatic heterocycles. The van der Waals surface area contributed by atoms with Crippen LogP contribution in [0.1, 0.15) is 44.6 Å². The van der Waals surface area contributed by atoms with Crippen LogP contribution in [-0.2, 0) is 22.5 Å². The number of nitrogens with one attached hydrogen (secondary N) is 1. The Balaban J connectivity index is 2.06. The first kappa shape index (κ1) is 18.9. The van der Waals surface area contributed by atoms with Gasteiger partial charge in [-0.05, 0) is 18.9 Å². The van der Waals surface area contributed by atoms with Crippen molar-refractivity contribution in [3.05, 3.63) is 10.4 Å². The van der Waals surface area contributed by atoms with Gasteiger partial charge in [-0.2, -0.15) is 0 Å². The average molecular weight is 382 g/mol. The third-order valence-electron chi connectivity index (χ3n) is 4.50. The summed E-state index contributed by atoms with van der Waals surface area (Å²) in [6.07, 6.45) is 1.91. The fraction of sp³-hybridized carbons (Fsp3) is 0.667. The molecular formula is C18H27N3O2S2. The van der Waals surface area contributed by atoms with E-state index < -0.39 is 0 Å². The van der Waals surface area contributed by atoms with Gasteiger partial charge in [0.2, 0.25) is 0 Å². The van der Waals surface area contributed by atoms with E-state index in [1.807, 2.05) is 0 Å². The molecule has 138 valence electrons. The second-order valence-corrected chi connectivity index (χ2v) is 9.52. The molecule has 1 unspecified atom stereocenters. The van der Waals surface area contributed by atoms with Gasteiger partial charge in [0.25, 0.3) is 0 Å². The van der Waals surface area contributed by atoms with E-state index in [0.29, 0.717) is 18.5 Å². The highest BCUT2D eigenvalue weighted by molar-refractivity contribution is 7.99. The molecule has 0 fully saturated rings. The number of fused-ring (bicyclic) bond motifs is 3. The summed E-state index contributed by atoms with van der Waals surface area (Å²) in [4.78, 5) is 12.0. The molecule has 1 atom stereocenters. The first-order chi connectivity index (χ1) is 12.0. The highest BCUT2D eigenvalue weighted by Gasteiger charge is 2.33. The van der Waals surface area contributed by atoms with Crippen molar-refractivity contribution in [1.29, 1.82) is 0 Å². The second-order valence-electron chi connectivity index (χ2n) is 6.89. The van der Waals surface area contributed by atoms with Crippen LogP contribution in [0.4, 0.5) is 5.82 Å². The zero-order valence-electron chi connectivity index (χ0n) is 15.6. The predicted octanol–water partition coefficient (Wildman–Crippen LogP) is 4.49. The van der Waals surface area contributed by atoms with Crippen LogP contribution in [0.25, 0.3) is 10.2 Å². The van der Waals surface area contributed by atoms with Gasteiger partial charge in [-0.3, -0.25) is 0 Å². The standard InChI is InChI=1S/C18H27N3O2S2/c1-6-18(4)9-12-13(10-23-18)25-16-14(12)15(19-7-8-22-5)20-17(21-16)24-11(2)3/h11H,6-10H2,1-5H3,(H,19,20,21). The zero-order chi connectivity index (χ0) is 18.0. The van der Waals surface area contributed by atoms with Crippen LogP contribution in [0.15, 0.2) is 5.16 Å². The van der Waals surface area contributed by atoms with Crippen LogP contribution in [-0.4, -0.2) is 41.1 Å². The molecule has 0 spiro atoms. The molecule has 1 N–H and O–H groups in total. The predicted molar refractivity (Wildman–Crippen MR) is 106 cm³/mol. The topological polar surface area (TPSA) is 56.3 Å². The summed E-state index contributed by atoms with van der Waals surface area (Å²) >= 11 is 3.44. The van der Waals surface area contributed by atoms with Crippen molar-refractivity contribution < 1.29 is 9.47 Å². The van der Waals surface area contributed by atoms with Crippen molar-refractivity contribution >= 4 is 39.1 Å². The number of hydrogen-bond donors (Lipinski definition) is 1. The van der Waals surface area contributed by atoms with Crippen molar-refractivity contribution in [2.45, 2.75) is 63.2 Å². The highest BCUT2D eigenvalue weighted by atomic mass is 32.2. The molecule has 0 amide bonds. The van der Waals surface area contributed by atoms with E-state index in [-0.39, 0.29) is 5.60 Å². The van der Waals surface area contributed by atoms with E-state index in [0.717, 1.165) is 35.2 Å². The molecule has 3 heterocycles. The molecule has 1 aliphatic heterocycles. The van der Waals surface area contributed by atoms with E-state index in [2.05, 4.69) is 33.0 Å². The lowest BCUT2D eigenvalue weighted by Gasteiger charge is -2.33. The molecule has 1 aliphatic rings. The summed E-state index contributed by atoms with van der Waals surface area (Å²) in [6.45, 7) is 10.8. The van der Waals surface area contributed by atoms with Gasteiger partial charge in [-0.1, -0.05) is 32.5 Å². The number of anilines is 1. The van der Waals surface area contributed by atoms with Crippen LogP contribution in [0.5, 0.6) is 0 Å². The van der Waals surface area contributed by atoms with Gasteiger partial charge >= 0.3 is 0 Å². The van der Waals surface area contributed by atoms with Gasteiger partial charge in [-0.25, -0.2) is 9.97 Å².